The zero-order valence-corrected chi connectivity index (χ0v) is 11.6. The van der Waals surface area contributed by atoms with E-state index in [-0.39, 0.29) is 0 Å². The SMILES string of the molecule is N#CCCN(Cc1cccnc1)Cc1cccnc1C#N. The molecule has 5 heteroatoms. The lowest BCUT2D eigenvalue weighted by molar-refractivity contribution is 0.262. The molecule has 0 unspecified atom stereocenters. The topological polar surface area (TPSA) is 76.6 Å². The Bertz CT molecular complexity index is 654. The lowest BCUT2D eigenvalue weighted by Crippen LogP contribution is -2.24. The van der Waals surface area contributed by atoms with Gasteiger partial charge in [0.25, 0.3) is 0 Å². The minimum atomic E-state index is 0.436. The number of pyridine rings is 2. The summed E-state index contributed by atoms with van der Waals surface area (Å²) in [4.78, 5) is 10.3. The number of nitrogens with zero attached hydrogens (tertiary/aromatic N) is 5. The molecule has 2 rings (SSSR count). The van der Waals surface area contributed by atoms with Crippen molar-refractivity contribution < 1.29 is 0 Å². The number of nitriles is 2. The van der Waals surface area contributed by atoms with Crippen LogP contribution >= 0.6 is 0 Å². The molecule has 0 N–H and O–H groups in total. The first-order valence-electron chi connectivity index (χ1n) is 6.65. The van der Waals surface area contributed by atoms with Gasteiger partial charge >= 0.3 is 0 Å². The molecule has 0 saturated carbocycles. The molecule has 0 radical (unpaired) electrons. The molecule has 2 heterocycles. The maximum atomic E-state index is 9.10. The van der Waals surface area contributed by atoms with Gasteiger partial charge in [0.15, 0.2) is 0 Å². The van der Waals surface area contributed by atoms with Crippen LogP contribution in [0.15, 0.2) is 42.9 Å². The van der Waals surface area contributed by atoms with E-state index in [2.05, 4.69) is 27.0 Å². The van der Waals surface area contributed by atoms with Crippen molar-refractivity contribution in [1.29, 1.82) is 10.5 Å². The summed E-state index contributed by atoms with van der Waals surface area (Å²) >= 11 is 0. The van der Waals surface area contributed by atoms with Gasteiger partial charge < -0.3 is 0 Å². The van der Waals surface area contributed by atoms with E-state index in [0.29, 0.717) is 31.7 Å². The molecule has 0 aliphatic rings. The second-order valence-corrected chi connectivity index (χ2v) is 4.60. The summed E-state index contributed by atoms with van der Waals surface area (Å²) in [6.07, 6.45) is 5.61. The molecule has 5 nitrogen and oxygen atoms in total. The molecule has 0 atom stereocenters. The van der Waals surface area contributed by atoms with Gasteiger partial charge in [-0.1, -0.05) is 12.1 Å². The molecule has 2 aromatic heterocycles. The second kappa shape index (κ2) is 7.74. The Morgan fingerprint density at radius 3 is 2.67 bits per heavy atom. The Labute approximate surface area is 124 Å². The predicted molar refractivity (Wildman–Crippen MR) is 77.5 cm³/mol. The van der Waals surface area contributed by atoms with E-state index in [1.165, 1.54) is 0 Å². The largest absolute Gasteiger partial charge is 0.294 e. The van der Waals surface area contributed by atoms with Gasteiger partial charge in [0.2, 0.25) is 0 Å². The van der Waals surface area contributed by atoms with Crippen molar-refractivity contribution in [2.45, 2.75) is 19.5 Å². The van der Waals surface area contributed by atoms with Crippen LogP contribution in [0.2, 0.25) is 0 Å². The van der Waals surface area contributed by atoms with Gasteiger partial charge in [-0.25, -0.2) is 4.98 Å². The normalized spacial score (nSPS) is 10.0. The molecule has 0 bridgehead atoms. The lowest BCUT2D eigenvalue weighted by Gasteiger charge is -2.21. The maximum absolute atomic E-state index is 9.10. The van der Waals surface area contributed by atoms with E-state index in [9.17, 15) is 0 Å². The highest BCUT2D eigenvalue weighted by molar-refractivity contribution is 5.30. The molecule has 2 aromatic rings. The zero-order chi connectivity index (χ0) is 14.9. The molecule has 0 saturated heterocycles. The molecule has 0 aliphatic heterocycles. The molecule has 0 spiro atoms. The van der Waals surface area contributed by atoms with Crippen molar-refractivity contribution in [1.82, 2.24) is 14.9 Å². The standard InChI is InChI=1S/C16H15N5/c17-6-3-9-21(12-14-4-1-7-19-11-14)13-15-5-2-8-20-16(15)10-18/h1-2,4-5,7-8,11H,3,9,12-13H2. The van der Waals surface area contributed by atoms with Gasteiger partial charge in [-0.2, -0.15) is 10.5 Å². The lowest BCUT2D eigenvalue weighted by atomic mass is 10.1. The Kier molecular flexibility index (Phi) is 5.40. The number of hydrogen-bond donors (Lipinski definition) is 0. The molecule has 0 aromatic carbocycles. The van der Waals surface area contributed by atoms with Crippen LogP contribution in [0.5, 0.6) is 0 Å². The van der Waals surface area contributed by atoms with Gasteiger partial charge in [0, 0.05) is 50.2 Å². The van der Waals surface area contributed by atoms with Crippen LogP contribution in [0.1, 0.15) is 23.2 Å². The highest BCUT2D eigenvalue weighted by atomic mass is 15.1. The third-order valence-electron chi connectivity index (χ3n) is 3.06. The fourth-order valence-electron chi connectivity index (χ4n) is 2.08. The monoisotopic (exact) mass is 277 g/mol. The first-order chi connectivity index (χ1) is 10.3. The van der Waals surface area contributed by atoms with E-state index in [4.69, 9.17) is 10.5 Å². The van der Waals surface area contributed by atoms with Gasteiger partial charge in [-0.3, -0.25) is 9.88 Å². The predicted octanol–water partition coefficient (Wildman–Crippen LogP) is 2.26. The summed E-state index contributed by atoms with van der Waals surface area (Å²) in [7, 11) is 0. The summed E-state index contributed by atoms with van der Waals surface area (Å²) in [6.45, 7) is 1.92. The fraction of sp³-hybridized carbons (Fsp3) is 0.250. The summed E-state index contributed by atoms with van der Waals surface area (Å²) < 4.78 is 0. The van der Waals surface area contributed by atoms with Gasteiger partial charge in [-0.15, -0.1) is 0 Å². The van der Waals surface area contributed by atoms with Crippen LogP contribution in [-0.2, 0) is 13.1 Å². The summed E-state index contributed by atoms with van der Waals surface area (Å²) in [5, 5.41) is 17.9. The summed E-state index contributed by atoms with van der Waals surface area (Å²) in [5.41, 5.74) is 2.39. The van der Waals surface area contributed by atoms with Crippen molar-refractivity contribution in [3.8, 4) is 12.1 Å². The minimum absolute atomic E-state index is 0.436. The second-order valence-electron chi connectivity index (χ2n) is 4.60. The molecule has 104 valence electrons. The number of hydrogen-bond acceptors (Lipinski definition) is 5. The van der Waals surface area contributed by atoms with Gasteiger partial charge in [0.05, 0.1) is 6.07 Å². The van der Waals surface area contributed by atoms with Crippen LogP contribution < -0.4 is 0 Å². The Balaban J connectivity index is 2.13. The number of aromatic nitrogens is 2. The van der Waals surface area contributed by atoms with E-state index in [1.54, 1.807) is 12.4 Å². The van der Waals surface area contributed by atoms with Gasteiger partial charge in [-0.05, 0) is 17.7 Å². The average Bonchev–Trinajstić information content (AvgIpc) is 2.54. The Morgan fingerprint density at radius 1 is 1.10 bits per heavy atom. The van der Waals surface area contributed by atoms with E-state index < -0.39 is 0 Å². The van der Waals surface area contributed by atoms with Gasteiger partial charge in [0.1, 0.15) is 11.8 Å². The van der Waals surface area contributed by atoms with Crippen LogP contribution in [-0.4, -0.2) is 21.4 Å². The molecule has 0 fully saturated rings. The summed E-state index contributed by atoms with van der Waals surface area (Å²) in [6, 6.07) is 11.9. The summed E-state index contributed by atoms with van der Waals surface area (Å²) in [5.74, 6) is 0. The third-order valence-corrected chi connectivity index (χ3v) is 3.06. The first-order valence-corrected chi connectivity index (χ1v) is 6.65. The third kappa shape index (κ3) is 4.38. The van der Waals surface area contributed by atoms with E-state index >= 15 is 0 Å². The maximum Gasteiger partial charge on any atom is 0.144 e. The van der Waals surface area contributed by atoms with Crippen molar-refractivity contribution in [3.63, 3.8) is 0 Å². The molecular formula is C16H15N5. The van der Waals surface area contributed by atoms with Crippen molar-refractivity contribution in [3.05, 3.63) is 59.7 Å². The Hall–Kier alpha value is -2.76. The first kappa shape index (κ1) is 14.6. The van der Waals surface area contributed by atoms with Crippen molar-refractivity contribution in [2.75, 3.05) is 6.54 Å². The number of rotatable bonds is 6. The van der Waals surface area contributed by atoms with Crippen molar-refractivity contribution in [2.24, 2.45) is 0 Å². The molecule has 0 aliphatic carbocycles. The highest BCUT2D eigenvalue weighted by Gasteiger charge is 2.10. The highest BCUT2D eigenvalue weighted by Crippen LogP contribution is 2.12. The fourth-order valence-corrected chi connectivity index (χ4v) is 2.08. The van der Waals surface area contributed by atoms with Crippen LogP contribution in [0.25, 0.3) is 0 Å². The van der Waals surface area contributed by atoms with Crippen LogP contribution in [0.4, 0.5) is 0 Å². The van der Waals surface area contributed by atoms with Crippen LogP contribution in [0.3, 0.4) is 0 Å². The molecule has 0 amide bonds. The Morgan fingerprint density at radius 2 is 1.95 bits per heavy atom. The van der Waals surface area contributed by atoms with E-state index in [1.807, 2.05) is 30.5 Å². The van der Waals surface area contributed by atoms with Crippen LogP contribution in [0, 0.1) is 22.7 Å². The van der Waals surface area contributed by atoms with Crippen molar-refractivity contribution >= 4 is 0 Å². The van der Waals surface area contributed by atoms with E-state index in [0.717, 1.165) is 11.1 Å². The zero-order valence-electron chi connectivity index (χ0n) is 11.6. The molecular weight excluding hydrogens is 262 g/mol. The quantitative estimate of drug-likeness (QED) is 0.809. The smallest absolute Gasteiger partial charge is 0.144 e. The molecule has 21 heavy (non-hydrogen) atoms. The minimum Gasteiger partial charge on any atom is -0.294 e. The average molecular weight is 277 g/mol.